The molecule has 0 heterocycles. The minimum absolute atomic E-state index is 0.342. The van der Waals surface area contributed by atoms with E-state index in [-0.39, 0.29) is 0 Å². The minimum Gasteiger partial charge on any atom is -0.481 e. The second kappa shape index (κ2) is 9.13. The van der Waals surface area contributed by atoms with E-state index in [1.54, 1.807) is 12.4 Å². The molecule has 3 aromatic carbocycles. The van der Waals surface area contributed by atoms with Crippen LogP contribution in [-0.2, 0) is 4.79 Å². The van der Waals surface area contributed by atoms with Crippen LogP contribution in [-0.4, -0.2) is 17.7 Å². The summed E-state index contributed by atoms with van der Waals surface area (Å²) in [6.07, 6.45) is 0. The maximum atomic E-state index is 12.4. The highest BCUT2D eigenvalue weighted by Gasteiger charge is 2.23. The number of nitrogens with one attached hydrogen (secondary N) is 1. The number of rotatable bonds is 6. The molecule has 2 N–H and O–H groups in total. The maximum absolute atomic E-state index is 12.4. The summed E-state index contributed by atoms with van der Waals surface area (Å²) in [5.74, 6) is 5.88. The number of ether oxygens (including phenoxy) is 1. The first-order valence-electron chi connectivity index (χ1n) is 8.43. The fourth-order valence-electron chi connectivity index (χ4n) is 2.74. The monoisotopic (exact) mass is 377 g/mol. The second-order valence-corrected chi connectivity index (χ2v) is 6.91. The van der Waals surface area contributed by atoms with Crippen LogP contribution in [0.25, 0.3) is 10.8 Å². The molecular formula is C22H19NO3S. The van der Waals surface area contributed by atoms with E-state index in [9.17, 15) is 10.0 Å². The Morgan fingerprint density at radius 2 is 1.85 bits per heavy atom. The maximum Gasteiger partial charge on any atom is 0.261 e. The van der Waals surface area contributed by atoms with Gasteiger partial charge >= 0.3 is 0 Å². The Kier molecular flexibility index (Phi) is 6.37. The Balaban J connectivity index is 1.87. The molecule has 1 amide bonds. The number of hydrogen-bond acceptors (Lipinski definition) is 4. The SMILES string of the molecule is CC#CCOc1ccc(SC(C(=O)NO)c2cccc3ccccc23)cc1. The van der Waals surface area contributed by atoms with E-state index in [0.717, 1.165) is 27.0 Å². The average molecular weight is 377 g/mol. The summed E-state index contributed by atoms with van der Waals surface area (Å²) in [6.45, 7) is 2.11. The zero-order valence-corrected chi connectivity index (χ0v) is 15.6. The van der Waals surface area contributed by atoms with Gasteiger partial charge in [0.05, 0.1) is 0 Å². The summed E-state index contributed by atoms with van der Waals surface area (Å²) in [4.78, 5) is 13.3. The van der Waals surface area contributed by atoms with Gasteiger partial charge in [-0.05, 0) is 47.5 Å². The lowest BCUT2D eigenvalue weighted by molar-refractivity contribution is -0.128. The molecule has 1 unspecified atom stereocenters. The largest absolute Gasteiger partial charge is 0.481 e. The lowest BCUT2D eigenvalue weighted by Crippen LogP contribution is -2.24. The molecule has 0 spiro atoms. The van der Waals surface area contributed by atoms with E-state index in [1.165, 1.54) is 11.8 Å². The van der Waals surface area contributed by atoms with E-state index in [4.69, 9.17) is 4.74 Å². The molecule has 0 fully saturated rings. The van der Waals surface area contributed by atoms with Crippen LogP contribution in [0.1, 0.15) is 17.7 Å². The summed E-state index contributed by atoms with van der Waals surface area (Å²) < 4.78 is 5.52. The van der Waals surface area contributed by atoms with Crippen molar-refractivity contribution in [3.05, 3.63) is 72.3 Å². The standard InChI is InChI=1S/C22H19NO3S/c1-2-3-15-26-17-11-13-18(14-12-17)27-21(22(24)23-25)20-10-6-8-16-7-4-5-9-19(16)20/h4-14,21,25H,15H2,1H3,(H,23,24). The molecule has 0 aromatic heterocycles. The summed E-state index contributed by atoms with van der Waals surface area (Å²) >= 11 is 1.37. The van der Waals surface area contributed by atoms with Gasteiger partial charge in [-0.1, -0.05) is 48.4 Å². The molecule has 4 nitrogen and oxygen atoms in total. The van der Waals surface area contributed by atoms with E-state index >= 15 is 0 Å². The molecule has 0 saturated heterocycles. The highest BCUT2D eigenvalue weighted by atomic mass is 32.2. The molecule has 0 saturated carbocycles. The molecule has 0 aliphatic carbocycles. The third kappa shape index (κ3) is 4.62. The summed E-state index contributed by atoms with van der Waals surface area (Å²) in [5, 5.41) is 10.7. The second-order valence-electron chi connectivity index (χ2n) is 5.73. The van der Waals surface area contributed by atoms with E-state index in [2.05, 4.69) is 11.8 Å². The first-order valence-corrected chi connectivity index (χ1v) is 9.31. The van der Waals surface area contributed by atoms with Crippen molar-refractivity contribution in [2.24, 2.45) is 0 Å². The number of carbonyl (C=O) groups excluding carboxylic acids is 1. The van der Waals surface area contributed by atoms with Gasteiger partial charge in [0.25, 0.3) is 5.91 Å². The van der Waals surface area contributed by atoms with Gasteiger partial charge in [0.1, 0.15) is 17.6 Å². The van der Waals surface area contributed by atoms with Crippen molar-refractivity contribution in [2.45, 2.75) is 17.1 Å². The van der Waals surface area contributed by atoms with Crippen molar-refractivity contribution in [1.29, 1.82) is 0 Å². The van der Waals surface area contributed by atoms with E-state index in [0.29, 0.717) is 6.61 Å². The van der Waals surface area contributed by atoms with Gasteiger partial charge in [-0.3, -0.25) is 10.0 Å². The third-order valence-electron chi connectivity index (χ3n) is 4.02. The summed E-state index contributed by atoms with van der Waals surface area (Å²) in [7, 11) is 0. The van der Waals surface area contributed by atoms with Gasteiger partial charge < -0.3 is 4.74 Å². The van der Waals surface area contributed by atoms with Crippen LogP contribution < -0.4 is 10.2 Å². The van der Waals surface area contributed by atoms with Crippen molar-refractivity contribution in [3.63, 3.8) is 0 Å². The molecule has 3 rings (SSSR count). The molecule has 0 radical (unpaired) electrons. The number of thioether (sulfide) groups is 1. The zero-order valence-electron chi connectivity index (χ0n) is 14.8. The third-order valence-corrected chi connectivity index (χ3v) is 5.27. The fourth-order valence-corrected chi connectivity index (χ4v) is 3.80. The molecule has 136 valence electrons. The Morgan fingerprint density at radius 1 is 1.11 bits per heavy atom. The highest BCUT2D eigenvalue weighted by Crippen LogP contribution is 2.39. The van der Waals surface area contributed by atoms with Crippen LogP contribution in [0.4, 0.5) is 0 Å². The topological polar surface area (TPSA) is 58.6 Å². The van der Waals surface area contributed by atoms with Crippen LogP contribution in [0, 0.1) is 11.8 Å². The zero-order chi connectivity index (χ0) is 19.1. The van der Waals surface area contributed by atoms with Crippen LogP contribution in [0.2, 0.25) is 0 Å². The predicted octanol–water partition coefficient (Wildman–Crippen LogP) is 4.58. The number of amides is 1. The van der Waals surface area contributed by atoms with Crippen LogP contribution in [0.3, 0.4) is 0 Å². The van der Waals surface area contributed by atoms with Gasteiger partial charge in [0, 0.05) is 4.90 Å². The quantitative estimate of drug-likeness (QED) is 0.286. The Morgan fingerprint density at radius 3 is 2.59 bits per heavy atom. The Bertz CT molecular complexity index is 984. The molecule has 1 atom stereocenters. The van der Waals surface area contributed by atoms with Crippen LogP contribution >= 0.6 is 11.8 Å². The van der Waals surface area contributed by atoms with Crippen molar-refractivity contribution in [1.82, 2.24) is 5.48 Å². The number of fused-ring (bicyclic) bond motifs is 1. The number of carbonyl (C=O) groups is 1. The minimum atomic E-state index is -0.584. The Hall–Kier alpha value is -2.94. The summed E-state index contributed by atoms with van der Waals surface area (Å²) in [6, 6.07) is 21.2. The van der Waals surface area contributed by atoms with Gasteiger partial charge in [-0.2, -0.15) is 0 Å². The molecule has 27 heavy (non-hydrogen) atoms. The molecule has 0 aliphatic rings. The number of hydrogen-bond donors (Lipinski definition) is 2. The molecule has 0 bridgehead atoms. The Labute approximate surface area is 162 Å². The number of benzene rings is 3. The molecule has 5 heteroatoms. The van der Waals surface area contributed by atoms with Gasteiger partial charge in [0.2, 0.25) is 0 Å². The van der Waals surface area contributed by atoms with Crippen molar-refractivity contribution in [3.8, 4) is 17.6 Å². The van der Waals surface area contributed by atoms with Gasteiger partial charge in [0.15, 0.2) is 0 Å². The highest BCUT2D eigenvalue weighted by molar-refractivity contribution is 8.00. The first kappa shape index (κ1) is 18.8. The van der Waals surface area contributed by atoms with Crippen molar-refractivity contribution < 1.29 is 14.7 Å². The molecule has 3 aromatic rings. The summed E-state index contributed by atoms with van der Waals surface area (Å²) in [5.41, 5.74) is 2.64. The van der Waals surface area contributed by atoms with Crippen LogP contribution in [0.15, 0.2) is 71.6 Å². The smallest absolute Gasteiger partial charge is 0.261 e. The lowest BCUT2D eigenvalue weighted by atomic mass is 10.0. The van der Waals surface area contributed by atoms with Crippen LogP contribution in [0.5, 0.6) is 5.75 Å². The normalized spacial score (nSPS) is 11.3. The van der Waals surface area contributed by atoms with Crippen molar-refractivity contribution in [2.75, 3.05) is 6.61 Å². The predicted molar refractivity (Wildman–Crippen MR) is 108 cm³/mol. The first-order chi connectivity index (χ1) is 13.2. The van der Waals surface area contributed by atoms with E-state index in [1.807, 2.05) is 66.7 Å². The molecule has 0 aliphatic heterocycles. The average Bonchev–Trinajstić information content (AvgIpc) is 2.72. The number of hydroxylamine groups is 1. The molecular weight excluding hydrogens is 358 g/mol. The van der Waals surface area contributed by atoms with Gasteiger partial charge in [-0.25, -0.2) is 5.48 Å². The fraction of sp³-hybridized carbons (Fsp3) is 0.136. The lowest BCUT2D eigenvalue weighted by Gasteiger charge is -2.17. The van der Waals surface area contributed by atoms with Crippen molar-refractivity contribution >= 4 is 28.4 Å². The van der Waals surface area contributed by atoms with Gasteiger partial charge in [-0.15, -0.1) is 17.7 Å². The van der Waals surface area contributed by atoms with E-state index < -0.39 is 11.2 Å².